The van der Waals surface area contributed by atoms with Crippen molar-refractivity contribution in [1.29, 1.82) is 0 Å². The number of hydrogen-bond donors (Lipinski definition) is 2. The van der Waals surface area contributed by atoms with Gasteiger partial charge in [-0.15, -0.1) is 44.4 Å². The molecule has 0 radical (unpaired) electrons. The first-order chi connectivity index (χ1) is 14.1. The van der Waals surface area contributed by atoms with E-state index in [1.54, 1.807) is 18.1 Å². The highest BCUT2D eigenvalue weighted by atomic mass is 127. The van der Waals surface area contributed by atoms with Gasteiger partial charge < -0.3 is 19.8 Å². The number of aryl methyl sites for hydroxylation is 2. The minimum atomic E-state index is 0. The van der Waals surface area contributed by atoms with Crippen molar-refractivity contribution < 1.29 is 0 Å². The van der Waals surface area contributed by atoms with Crippen LogP contribution in [0.4, 0.5) is 0 Å². The number of nitrogens with one attached hydrogen (secondary N) is 2. The van der Waals surface area contributed by atoms with Gasteiger partial charge in [0.05, 0.1) is 0 Å². The van der Waals surface area contributed by atoms with Crippen molar-refractivity contribution in [2.45, 2.75) is 65.2 Å². The van der Waals surface area contributed by atoms with Crippen molar-refractivity contribution in [1.82, 2.24) is 40.2 Å². The van der Waals surface area contributed by atoms with E-state index in [0.29, 0.717) is 5.92 Å². The molecule has 2 heterocycles. The van der Waals surface area contributed by atoms with E-state index in [1.807, 2.05) is 6.26 Å². The summed E-state index contributed by atoms with van der Waals surface area (Å²) in [7, 11) is 0. The Balaban J connectivity index is 0.00000450. The lowest BCUT2D eigenvalue weighted by Gasteiger charge is -2.13. The van der Waals surface area contributed by atoms with Gasteiger partial charge in [-0.2, -0.15) is 0 Å². The van der Waals surface area contributed by atoms with Gasteiger partial charge in [0, 0.05) is 45.6 Å². The summed E-state index contributed by atoms with van der Waals surface area (Å²) in [5.74, 6) is 3.46. The Hall–Kier alpha value is -1.37. The van der Waals surface area contributed by atoms with Gasteiger partial charge in [-0.3, -0.25) is 4.99 Å². The molecule has 0 aliphatic carbocycles. The average Bonchev–Trinajstić information content (AvgIpc) is 3.31. The first-order valence-electron chi connectivity index (χ1n) is 10.4. The smallest absolute Gasteiger partial charge is 0.191 e. The van der Waals surface area contributed by atoms with Gasteiger partial charge in [0.25, 0.3) is 0 Å². The fourth-order valence-electron chi connectivity index (χ4n) is 3.01. The van der Waals surface area contributed by atoms with Crippen molar-refractivity contribution in [3.8, 4) is 0 Å². The molecule has 9 nitrogen and oxygen atoms in total. The highest BCUT2D eigenvalue weighted by Crippen LogP contribution is 2.16. The van der Waals surface area contributed by atoms with Gasteiger partial charge >= 0.3 is 0 Å². The molecule has 0 spiro atoms. The Kier molecular flexibility index (Phi) is 13.0. The molecule has 0 bridgehead atoms. The summed E-state index contributed by atoms with van der Waals surface area (Å²) < 4.78 is 4.31. The van der Waals surface area contributed by atoms with Crippen LogP contribution in [0, 0.1) is 5.92 Å². The van der Waals surface area contributed by atoms with Crippen LogP contribution in [0.15, 0.2) is 16.5 Å². The third-order valence-electron chi connectivity index (χ3n) is 4.35. The molecule has 2 aromatic heterocycles. The number of nitrogens with zero attached hydrogens (tertiary/aromatic N) is 7. The summed E-state index contributed by atoms with van der Waals surface area (Å²) in [6.07, 6.45) is 6.53. The monoisotopic (exact) mass is 549 g/mol. The molecule has 0 fully saturated rings. The van der Waals surface area contributed by atoms with Crippen LogP contribution in [0.2, 0.25) is 0 Å². The zero-order chi connectivity index (χ0) is 21.1. The summed E-state index contributed by atoms with van der Waals surface area (Å²) in [5.41, 5.74) is 0. The molecule has 11 heteroatoms. The molecule has 2 rings (SSSR count). The third kappa shape index (κ3) is 8.40. The largest absolute Gasteiger partial charge is 0.357 e. The van der Waals surface area contributed by atoms with Gasteiger partial charge in [0.15, 0.2) is 11.1 Å². The van der Waals surface area contributed by atoms with Crippen LogP contribution in [0.3, 0.4) is 0 Å². The lowest BCUT2D eigenvalue weighted by atomic mass is 10.2. The third-order valence-corrected chi connectivity index (χ3v) is 5.02. The maximum Gasteiger partial charge on any atom is 0.191 e. The van der Waals surface area contributed by atoms with Crippen molar-refractivity contribution in [2.24, 2.45) is 10.9 Å². The van der Waals surface area contributed by atoms with Gasteiger partial charge in [-0.25, -0.2) is 0 Å². The van der Waals surface area contributed by atoms with Crippen molar-refractivity contribution >= 4 is 41.7 Å². The van der Waals surface area contributed by atoms with Crippen LogP contribution in [-0.4, -0.2) is 61.4 Å². The molecular formula is C19H36IN9S. The molecule has 0 amide bonds. The second-order valence-corrected chi connectivity index (χ2v) is 7.97. The number of rotatable bonds is 12. The molecule has 0 saturated heterocycles. The van der Waals surface area contributed by atoms with Crippen LogP contribution in [-0.2, 0) is 25.9 Å². The predicted molar refractivity (Wildman–Crippen MR) is 134 cm³/mol. The van der Waals surface area contributed by atoms with Crippen molar-refractivity contribution in [2.75, 3.05) is 25.9 Å². The van der Waals surface area contributed by atoms with E-state index >= 15 is 0 Å². The standard InChI is InChI=1S/C19H35N9S.HI/c1-6-16-24-23-14-27(16)12-11-22-18(20-7-2)21-10-8-9-17-25-26-19(29-5)28(17)13-15(3)4;/h14-15H,6-13H2,1-5H3,(H2,20,21,22);1H. The molecule has 2 aromatic rings. The Morgan fingerprint density at radius 1 is 1.17 bits per heavy atom. The van der Waals surface area contributed by atoms with Crippen molar-refractivity contribution in [3.63, 3.8) is 0 Å². The average molecular weight is 550 g/mol. The molecule has 0 aromatic carbocycles. The van der Waals surface area contributed by atoms with Crippen LogP contribution < -0.4 is 10.6 Å². The summed E-state index contributed by atoms with van der Waals surface area (Å²) in [6, 6.07) is 0. The summed E-state index contributed by atoms with van der Waals surface area (Å²) in [4.78, 5) is 4.70. The van der Waals surface area contributed by atoms with E-state index in [0.717, 1.165) is 74.8 Å². The highest BCUT2D eigenvalue weighted by Gasteiger charge is 2.12. The molecule has 0 aliphatic rings. The molecule has 0 aliphatic heterocycles. The van der Waals surface area contributed by atoms with Gasteiger partial charge in [0.1, 0.15) is 18.0 Å². The van der Waals surface area contributed by atoms with Gasteiger partial charge in [-0.05, 0) is 25.5 Å². The van der Waals surface area contributed by atoms with E-state index < -0.39 is 0 Å². The lowest BCUT2D eigenvalue weighted by molar-refractivity contribution is 0.477. The summed E-state index contributed by atoms with van der Waals surface area (Å²) in [6.45, 7) is 12.7. The Morgan fingerprint density at radius 2 is 1.97 bits per heavy atom. The number of aliphatic imine (C=N–C) groups is 1. The van der Waals surface area contributed by atoms with Crippen LogP contribution in [0.1, 0.15) is 45.8 Å². The summed E-state index contributed by atoms with van der Waals surface area (Å²) in [5, 5.41) is 24.5. The maximum absolute atomic E-state index is 4.70. The fourth-order valence-corrected chi connectivity index (χ4v) is 3.53. The topological polar surface area (TPSA) is 97.8 Å². The molecule has 0 unspecified atom stereocenters. The lowest BCUT2D eigenvalue weighted by Crippen LogP contribution is -2.39. The van der Waals surface area contributed by atoms with Gasteiger partial charge in [0.2, 0.25) is 0 Å². The predicted octanol–water partition coefficient (Wildman–Crippen LogP) is 2.62. The van der Waals surface area contributed by atoms with E-state index in [9.17, 15) is 0 Å². The first kappa shape index (κ1) is 26.7. The zero-order valence-electron chi connectivity index (χ0n) is 18.8. The van der Waals surface area contributed by atoms with Crippen LogP contribution in [0.5, 0.6) is 0 Å². The van der Waals surface area contributed by atoms with E-state index in [2.05, 4.69) is 67.9 Å². The van der Waals surface area contributed by atoms with Crippen LogP contribution >= 0.6 is 35.7 Å². The number of hydrogen-bond acceptors (Lipinski definition) is 6. The second-order valence-electron chi connectivity index (χ2n) is 7.19. The van der Waals surface area contributed by atoms with Gasteiger partial charge in [-0.1, -0.05) is 32.5 Å². The molecular weight excluding hydrogens is 513 g/mol. The van der Waals surface area contributed by atoms with E-state index in [-0.39, 0.29) is 24.0 Å². The fraction of sp³-hybridized carbons (Fsp3) is 0.737. The Morgan fingerprint density at radius 3 is 2.63 bits per heavy atom. The normalized spacial score (nSPS) is 11.6. The number of guanidine groups is 1. The number of halogens is 1. The molecule has 170 valence electrons. The molecule has 30 heavy (non-hydrogen) atoms. The van der Waals surface area contributed by atoms with Crippen molar-refractivity contribution in [3.05, 3.63) is 18.0 Å². The van der Waals surface area contributed by atoms with E-state index in [4.69, 9.17) is 4.99 Å². The SMILES string of the molecule is CCNC(=NCCCc1nnc(SC)n1CC(C)C)NCCn1cnnc1CC.I. The number of aromatic nitrogens is 6. The molecule has 0 saturated carbocycles. The maximum atomic E-state index is 4.70. The minimum absolute atomic E-state index is 0. The minimum Gasteiger partial charge on any atom is -0.357 e. The van der Waals surface area contributed by atoms with E-state index in [1.165, 1.54) is 0 Å². The van der Waals surface area contributed by atoms with Crippen LogP contribution in [0.25, 0.3) is 0 Å². The quantitative estimate of drug-likeness (QED) is 0.138. The second kappa shape index (κ2) is 14.6. The Bertz CT molecular complexity index is 757. The Labute approximate surface area is 201 Å². The number of thioether (sulfide) groups is 1. The molecule has 0 atom stereocenters. The first-order valence-corrected chi connectivity index (χ1v) is 11.7. The molecule has 2 N–H and O–H groups in total. The highest BCUT2D eigenvalue weighted by molar-refractivity contribution is 14.0. The summed E-state index contributed by atoms with van der Waals surface area (Å²) >= 11 is 1.65. The zero-order valence-corrected chi connectivity index (χ0v) is 21.9.